The quantitative estimate of drug-likeness (QED) is 0.745. The second-order valence-corrected chi connectivity index (χ2v) is 7.84. The molecule has 2 aromatic carbocycles. The summed E-state index contributed by atoms with van der Waals surface area (Å²) in [6, 6.07) is 16.3. The number of benzene rings is 2. The smallest absolute Gasteiger partial charge is 0.251 e. The Morgan fingerprint density at radius 3 is 2.77 bits per heavy atom. The zero-order valence-corrected chi connectivity index (χ0v) is 15.5. The van der Waals surface area contributed by atoms with Crippen LogP contribution in [-0.2, 0) is 6.54 Å². The summed E-state index contributed by atoms with van der Waals surface area (Å²) in [5, 5.41) is 3.12. The van der Waals surface area contributed by atoms with Crippen molar-refractivity contribution in [2.75, 3.05) is 19.6 Å². The number of aromatic nitrogens is 1. The monoisotopic (exact) mass is 365 g/mol. The fraction of sp³-hybridized carbons (Fsp3) is 0.333. The van der Waals surface area contributed by atoms with E-state index in [9.17, 15) is 4.79 Å². The molecule has 1 fully saturated rings. The van der Waals surface area contributed by atoms with E-state index in [0.717, 1.165) is 54.8 Å². The molecule has 1 aliphatic heterocycles. The van der Waals surface area contributed by atoms with Gasteiger partial charge in [0.05, 0.1) is 15.7 Å². The van der Waals surface area contributed by atoms with Crippen LogP contribution in [0.5, 0.6) is 0 Å². The molecule has 3 aromatic rings. The van der Waals surface area contributed by atoms with E-state index in [0.29, 0.717) is 5.92 Å². The zero-order valence-electron chi connectivity index (χ0n) is 14.7. The lowest BCUT2D eigenvalue weighted by atomic mass is 9.96. The van der Waals surface area contributed by atoms with Crippen molar-refractivity contribution in [2.24, 2.45) is 5.92 Å². The van der Waals surface area contributed by atoms with Crippen LogP contribution in [0.25, 0.3) is 10.2 Å². The fourth-order valence-corrected chi connectivity index (χ4v) is 4.24. The normalized spacial score (nSPS) is 16.0. The van der Waals surface area contributed by atoms with E-state index < -0.39 is 0 Å². The molecule has 26 heavy (non-hydrogen) atoms. The Labute approximate surface area is 157 Å². The predicted molar refractivity (Wildman–Crippen MR) is 106 cm³/mol. The number of nitrogens with zero attached hydrogens (tertiary/aromatic N) is 2. The van der Waals surface area contributed by atoms with Crippen molar-refractivity contribution < 1.29 is 4.79 Å². The Balaban J connectivity index is 1.25. The molecule has 4 nitrogen and oxygen atoms in total. The van der Waals surface area contributed by atoms with Gasteiger partial charge in [-0.1, -0.05) is 30.3 Å². The average Bonchev–Trinajstić information content (AvgIpc) is 3.16. The van der Waals surface area contributed by atoms with Crippen LogP contribution in [0.4, 0.5) is 0 Å². The zero-order chi connectivity index (χ0) is 17.8. The standard InChI is InChI=1S/C21H23N3OS/c25-21(18-6-7-19-20(12-18)26-15-23-19)22-13-16-8-10-24(11-9-16)14-17-4-2-1-3-5-17/h1-7,12,15-16H,8-11,13-14H2,(H,22,25). The van der Waals surface area contributed by atoms with Gasteiger partial charge in [-0.15, -0.1) is 11.3 Å². The van der Waals surface area contributed by atoms with Crippen LogP contribution in [0, 0.1) is 5.92 Å². The Bertz CT molecular complexity index is 869. The third-order valence-electron chi connectivity index (χ3n) is 5.10. The van der Waals surface area contributed by atoms with Crippen LogP contribution in [0.1, 0.15) is 28.8 Å². The molecule has 0 atom stereocenters. The van der Waals surface area contributed by atoms with Gasteiger partial charge >= 0.3 is 0 Å². The van der Waals surface area contributed by atoms with Crippen molar-refractivity contribution in [1.82, 2.24) is 15.2 Å². The minimum Gasteiger partial charge on any atom is -0.352 e. The molecule has 0 saturated carbocycles. The van der Waals surface area contributed by atoms with Gasteiger partial charge in [-0.3, -0.25) is 9.69 Å². The van der Waals surface area contributed by atoms with Gasteiger partial charge < -0.3 is 5.32 Å². The predicted octanol–water partition coefficient (Wildman–Crippen LogP) is 3.94. The second-order valence-electron chi connectivity index (χ2n) is 6.95. The molecule has 0 radical (unpaired) electrons. The Hall–Kier alpha value is -2.24. The van der Waals surface area contributed by atoms with E-state index in [1.807, 2.05) is 23.7 Å². The number of carbonyl (C=O) groups excluding carboxylic acids is 1. The summed E-state index contributed by atoms with van der Waals surface area (Å²) in [6.45, 7) is 3.98. The Kier molecular flexibility index (Phi) is 5.27. The van der Waals surface area contributed by atoms with E-state index >= 15 is 0 Å². The maximum absolute atomic E-state index is 12.4. The van der Waals surface area contributed by atoms with Crippen molar-refractivity contribution in [3.05, 3.63) is 65.2 Å². The van der Waals surface area contributed by atoms with Crippen molar-refractivity contribution in [1.29, 1.82) is 0 Å². The van der Waals surface area contributed by atoms with E-state index in [1.165, 1.54) is 5.56 Å². The van der Waals surface area contributed by atoms with Crippen molar-refractivity contribution in [3.8, 4) is 0 Å². The first kappa shape index (κ1) is 17.2. The number of amides is 1. The van der Waals surface area contributed by atoms with Gasteiger partial charge in [0.2, 0.25) is 0 Å². The first-order valence-electron chi connectivity index (χ1n) is 9.16. The van der Waals surface area contributed by atoms with E-state index in [1.54, 1.807) is 11.3 Å². The molecule has 1 amide bonds. The minimum atomic E-state index is 0.0204. The number of likely N-dealkylation sites (tertiary alicyclic amines) is 1. The van der Waals surface area contributed by atoms with Gasteiger partial charge in [0, 0.05) is 18.7 Å². The van der Waals surface area contributed by atoms with Crippen LogP contribution in [0.2, 0.25) is 0 Å². The number of fused-ring (bicyclic) bond motifs is 1. The molecule has 1 aromatic heterocycles. The molecular formula is C21H23N3OS. The molecule has 4 rings (SSSR count). The third-order valence-corrected chi connectivity index (χ3v) is 5.89. The Morgan fingerprint density at radius 1 is 1.15 bits per heavy atom. The Morgan fingerprint density at radius 2 is 1.96 bits per heavy atom. The number of hydrogen-bond acceptors (Lipinski definition) is 4. The van der Waals surface area contributed by atoms with Crippen molar-refractivity contribution in [2.45, 2.75) is 19.4 Å². The summed E-state index contributed by atoms with van der Waals surface area (Å²) >= 11 is 1.57. The van der Waals surface area contributed by atoms with Gasteiger partial charge in [-0.2, -0.15) is 0 Å². The van der Waals surface area contributed by atoms with Gasteiger partial charge in [0.15, 0.2) is 0 Å². The van der Waals surface area contributed by atoms with Crippen molar-refractivity contribution >= 4 is 27.5 Å². The molecule has 0 aliphatic carbocycles. The highest BCUT2D eigenvalue weighted by Gasteiger charge is 2.20. The summed E-state index contributed by atoms with van der Waals surface area (Å²) in [5.74, 6) is 0.588. The van der Waals surface area contributed by atoms with E-state index in [-0.39, 0.29) is 5.91 Å². The van der Waals surface area contributed by atoms with Gasteiger partial charge in [0.25, 0.3) is 5.91 Å². The number of carbonyl (C=O) groups is 1. The lowest BCUT2D eigenvalue weighted by Crippen LogP contribution is -2.38. The highest BCUT2D eigenvalue weighted by atomic mass is 32.1. The second kappa shape index (κ2) is 7.98. The average molecular weight is 366 g/mol. The molecule has 1 saturated heterocycles. The highest BCUT2D eigenvalue weighted by molar-refractivity contribution is 7.16. The van der Waals surface area contributed by atoms with Gasteiger partial charge in [-0.25, -0.2) is 4.98 Å². The molecule has 134 valence electrons. The van der Waals surface area contributed by atoms with Crippen LogP contribution >= 0.6 is 11.3 Å². The number of nitrogens with one attached hydrogen (secondary N) is 1. The topological polar surface area (TPSA) is 45.2 Å². The molecule has 5 heteroatoms. The molecule has 0 bridgehead atoms. The largest absolute Gasteiger partial charge is 0.352 e. The van der Waals surface area contributed by atoms with Gasteiger partial charge in [-0.05, 0) is 55.6 Å². The van der Waals surface area contributed by atoms with E-state index in [2.05, 4.69) is 45.5 Å². The maximum atomic E-state index is 12.4. The maximum Gasteiger partial charge on any atom is 0.251 e. The number of thiazole rings is 1. The summed E-state index contributed by atoms with van der Waals surface area (Å²) in [4.78, 5) is 19.2. The molecule has 2 heterocycles. The van der Waals surface area contributed by atoms with Crippen LogP contribution in [0.15, 0.2) is 54.0 Å². The molecular weight excluding hydrogens is 342 g/mol. The number of rotatable bonds is 5. The SMILES string of the molecule is O=C(NCC1CCN(Cc2ccccc2)CC1)c1ccc2ncsc2c1. The van der Waals surface area contributed by atoms with Crippen molar-refractivity contribution in [3.63, 3.8) is 0 Å². The highest BCUT2D eigenvalue weighted by Crippen LogP contribution is 2.20. The summed E-state index contributed by atoms with van der Waals surface area (Å²) in [7, 11) is 0. The lowest BCUT2D eigenvalue weighted by molar-refractivity contribution is 0.0935. The first-order chi connectivity index (χ1) is 12.8. The molecule has 1 aliphatic rings. The molecule has 0 spiro atoms. The minimum absolute atomic E-state index is 0.0204. The molecule has 1 N–H and O–H groups in total. The van der Waals surface area contributed by atoms with Gasteiger partial charge in [0.1, 0.15) is 0 Å². The van der Waals surface area contributed by atoms with Crippen LogP contribution in [-0.4, -0.2) is 35.4 Å². The summed E-state index contributed by atoms with van der Waals surface area (Å²) < 4.78 is 1.06. The molecule has 0 unspecified atom stereocenters. The lowest BCUT2D eigenvalue weighted by Gasteiger charge is -2.32. The fourth-order valence-electron chi connectivity index (χ4n) is 3.53. The van der Waals surface area contributed by atoms with E-state index in [4.69, 9.17) is 0 Å². The third kappa shape index (κ3) is 4.11. The number of piperidine rings is 1. The first-order valence-corrected chi connectivity index (χ1v) is 10.0. The summed E-state index contributed by atoms with van der Waals surface area (Å²) in [6.07, 6.45) is 2.28. The van der Waals surface area contributed by atoms with Crippen LogP contribution in [0.3, 0.4) is 0 Å². The summed E-state index contributed by atoms with van der Waals surface area (Å²) in [5.41, 5.74) is 4.87. The van der Waals surface area contributed by atoms with Crippen LogP contribution < -0.4 is 5.32 Å². The number of hydrogen-bond donors (Lipinski definition) is 1.